The first-order chi connectivity index (χ1) is 14.6. The molecule has 0 bridgehead atoms. The molecule has 0 saturated heterocycles. The van der Waals surface area contributed by atoms with Crippen LogP contribution in [0, 0.1) is 11.3 Å². The molecule has 0 unspecified atom stereocenters. The summed E-state index contributed by atoms with van der Waals surface area (Å²) in [6, 6.07) is 12.0. The number of benzene rings is 2. The predicted octanol–water partition coefficient (Wildman–Crippen LogP) is 3.00. The number of aryl methyl sites for hydroxylation is 1. The van der Waals surface area contributed by atoms with Crippen molar-refractivity contribution in [1.82, 2.24) is 4.57 Å². The van der Waals surface area contributed by atoms with Crippen molar-refractivity contribution in [1.29, 1.82) is 5.26 Å². The first-order valence-corrected chi connectivity index (χ1v) is 10.1. The third-order valence-electron chi connectivity index (χ3n) is 4.48. The van der Waals surface area contributed by atoms with Crippen molar-refractivity contribution in [2.75, 3.05) is 13.4 Å². The minimum Gasteiger partial charge on any atom is -0.466 e. The number of rotatable bonds is 5. The lowest BCUT2D eigenvalue weighted by Gasteiger charge is -2.06. The number of amides is 1. The third-order valence-corrected chi connectivity index (χ3v) is 5.52. The Morgan fingerprint density at radius 1 is 1.23 bits per heavy atom. The summed E-state index contributed by atoms with van der Waals surface area (Å²) < 4.78 is 18.6. The standard InChI is InChI=1S/C21H17N3O5S/c1-2-27-19(25)7-8-24-15-9-16-17(29-12-28-16)10-18(15)30-21(24)23-20(26)14-5-3-13(11-22)4-6-14/h3-6,9-10H,2,7-8,12H2,1H3. The topological polar surface area (TPSA) is 103 Å². The number of fused-ring (bicyclic) bond motifs is 2. The van der Waals surface area contributed by atoms with Crippen LogP contribution in [0.5, 0.6) is 11.5 Å². The van der Waals surface area contributed by atoms with E-state index in [-0.39, 0.29) is 19.2 Å². The maximum atomic E-state index is 12.7. The zero-order chi connectivity index (χ0) is 21.1. The number of hydrogen-bond acceptors (Lipinski definition) is 7. The Kier molecular flexibility index (Phi) is 5.50. The number of aromatic nitrogens is 1. The van der Waals surface area contributed by atoms with Crippen LogP contribution in [0.2, 0.25) is 0 Å². The Labute approximate surface area is 175 Å². The second-order valence-corrected chi connectivity index (χ2v) is 7.38. The fourth-order valence-corrected chi connectivity index (χ4v) is 4.10. The van der Waals surface area contributed by atoms with E-state index in [1.165, 1.54) is 11.3 Å². The van der Waals surface area contributed by atoms with Crippen LogP contribution in [0.1, 0.15) is 29.3 Å². The van der Waals surface area contributed by atoms with Crippen molar-refractivity contribution in [2.45, 2.75) is 19.9 Å². The second-order valence-electron chi connectivity index (χ2n) is 6.37. The first kappa shape index (κ1) is 19.7. The molecule has 2 aromatic carbocycles. The highest BCUT2D eigenvalue weighted by molar-refractivity contribution is 7.16. The maximum absolute atomic E-state index is 12.7. The molecule has 0 atom stereocenters. The molecule has 0 radical (unpaired) electrons. The van der Waals surface area contributed by atoms with Crippen molar-refractivity contribution < 1.29 is 23.8 Å². The molecule has 0 fully saturated rings. The summed E-state index contributed by atoms with van der Waals surface area (Å²) >= 11 is 1.32. The van der Waals surface area contributed by atoms with Gasteiger partial charge in [-0.1, -0.05) is 11.3 Å². The Morgan fingerprint density at radius 3 is 2.67 bits per heavy atom. The monoisotopic (exact) mass is 423 g/mol. The predicted molar refractivity (Wildman–Crippen MR) is 108 cm³/mol. The number of carbonyl (C=O) groups excluding carboxylic acids is 2. The van der Waals surface area contributed by atoms with Gasteiger partial charge in [-0.25, -0.2) is 0 Å². The van der Waals surface area contributed by atoms with Gasteiger partial charge in [0.1, 0.15) is 0 Å². The van der Waals surface area contributed by atoms with Gasteiger partial charge in [-0.3, -0.25) is 9.59 Å². The number of thiazole rings is 1. The molecule has 2 heterocycles. The van der Waals surface area contributed by atoms with Gasteiger partial charge in [-0.15, -0.1) is 0 Å². The molecule has 3 aromatic rings. The van der Waals surface area contributed by atoms with Crippen LogP contribution in [-0.2, 0) is 16.1 Å². The Hall–Kier alpha value is -3.64. The number of carbonyl (C=O) groups is 2. The zero-order valence-electron chi connectivity index (χ0n) is 16.1. The van der Waals surface area contributed by atoms with Crippen LogP contribution in [0.15, 0.2) is 41.4 Å². The van der Waals surface area contributed by atoms with Gasteiger partial charge in [0.25, 0.3) is 5.91 Å². The van der Waals surface area contributed by atoms with E-state index in [2.05, 4.69) is 4.99 Å². The third kappa shape index (κ3) is 3.90. The highest BCUT2D eigenvalue weighted by Crippen LogP contribution is 2.37. The summed E-state index contributed by atoms with van der Waals surface area (Å²) in [7, 11) is 0. The molecule has 0 saturated carbocycles. The average molecular weight is 423 g/mol. The van der Waals surface area contributed by atoms with Gasteiger partial charge in [0, 0.05) is 24.2 Å². The maximum Gasteiger partial charge on any atom is 0.307 e. The summed E-state index contributed by atoms with van der Waals surface area (Å²) in [5.41, 5.74) is 1.63. The highest BCUT2D eigenvalue weighted by atomic mass is 32.1. The van der Waals surface area contributed by atoms with Gasteiger partial charge < -0.3 is 18.8 Å². The van der Waals surface area contributed by atoms with Gasteiger partial charge in [0.05, 0.1) is 34.9 Å². The van der Waals surface area contributed by atoms with E-state index in [9.17, 15) is 9.59 Å². The molecule has 152 valence electrons. The molecule has 0 aliphatic carbocycles. The number of esters is 1. The van der Waals surface area contributed by atoms with E-state index in [1.807, 2.05) is 18.2 Å². The fraction of sp³-hybridized carbons (Fsp3) is 0.238. The van der Waals surface area contributed by atoms with Gasteiger partial charge in [-0.2, -0.15) is 10.3 Å². The summed E-state index contributed by atoms with van der Waals surface area (Å²) in [5.74, 6) is 0.479. The van der Waals surface area contributed by atoms with E-state index < -0.39 is 5.91 Å². The number of nitrogens with zero attached hydrogens (tertiary/aromatic N) is 3. The van der Waals surface area contributed by atoms with Crippen LogP contribution in [-0.4, -0.2) is 29.8 Å². The van der Waals surface area contributed by atoms with Crippen molar-refractivity contribution in [3.05, 3.63) is 52.3 Å². The Balaban J connectivity index is 1.75. The second kappa shape index (κ2) is 8.39. The molecule has 30 heavy (non-hydrogen) atoms. The molecule has 0 N–H and O–H groups in total. The first-order valence-electron chi connectivity index (χ1n) is 9.27. The summed E-state index contributed by atoms with van der Waals surface area (Å²) in [6.45, 7) is 2.52. The van der Waals surface area contributed by atoms with E-state index >= 15 is 0 Å². The van der Waals surface area contributed by atoms with Crippen LogP contribution >= 0.6 is 11.3 Å². The largest absolute Gasteiger partial charge is 0.466 e. The minimum atomic E-state index is -0.434. The van der Waals surface area contributed by atoms with Crippen molar-refractivity contribution in [3.63, 3.8) is 0 Å². The van der Waals surface area contributed by atoms with Crippen molar-refractivity contribution in [3.8, 4) is 17.6 Å². The lowest BCUT2D eigenvalue weighted by atomic mass is 10.1. The Morgan fingerprint density at radius 2 is 1.97 bits per heavy atom. The zero-order valence-corrected chi connectivity index (χ0v) is 16.9. The molecular formula is C21H17N3O5S. The number of ether oxygens (including phenoxy) is 3. The molecule has 1 aliphatic rings. The summed E-state index contributed by atoms with van der Waals surface area (Å²) in [6.07, 6.45) is 0.145. The van der Waals surface area contributed by atoms with Crippen molar-refractivity contribution in [2.24, 2.45) is 4.99 Å². The molecule has 8 nitrogen and oxygen atoms in total. The lowest BCUT2D eigenvalue weighted by Crippen LogP contribution is -2.19. The summed E-state index contributed by atoms with van der Waals surface area (Å²) in [4.78, 5) is 29.3. The van der Waals surface area contributed by atoms with Crippen LogP contribution in [0.4, 0.5) is 0 Å². The SMILES string of the molecule is CCOC(=O)CCn1c(=NC(=O)c2ccc(C#N)cc2)sc2cc3c(cc21)OCO3. The quantitative estimate of drug-likeness (QED) is 0.585. The normalized spacial score (nSPS) is 12.7. The molecular weight excluding hydrogens is 406 g/mol. The smallest absolute Gasteiger partial charge is 0.307 e. The van der Waals surface area contributed by atoms with E-state index in [4.69, 9.17) is 19.5 Å². The van der Waals surface area contributed by atoms with E-state index in [0.717, 1.165) is 10.2 Å². The highest BCUT2D eigenvalue weighted by Gasteiger charge is 2.18. The molecule has 1 amide bonds. The van der Waals surface area contributed by atoms with E-state index in [1.54, 1.807) is 35.8 Å². The number of hydrogen-bond donors (Lipinski definition) is 0. The molecule has 4 rings (SSSR count). The van der Waals surface area contributed by atoms with Crippen LogP contribution < -0.4 is 14.3 Å². The van der Waals surface area contributed by atoms with Crippen LogP contribution in [0.3, 0.4) is 0 Å². The molecule has 9 heteroatoms. The van der Waals surface area contributed by atoms with Gasteiger partial charge in [-0.05, 0) is 31.2 Å². The van der Waals surface area contributed by atoms with Crippen LogP contribution in [0.25, 0.3) is 10.2 Å². The van der Waals surface area contributed by atoms with Gasteiger partial charge in [0.2, 0.25) is 6.79 Å². The van der Waals surface area contributed by atoms with Gasteiger partial charge >= 0.3 is 5.97 Å². The molecule has 1 aliphatic heterocycles. The van der Waals surface area contributed by atoms with E-state index in [0.29, 0.717) is 40.6 Å². The fourth-order valence-electron chi connectivity index (χ4n) is 3.04. The molecule has 0 spiro atoms. The van der Waals surface area contributed by atoms with Crippen molar-refractivity contribution >= 4 is 33.4 Å². The molecule has 1 aromatic heterocycles. The van der Waals surface area contributed by atoms with Gasteiger partial charge in [0.15, 0.2) is 16.3 Å². The Bertz CT molecular complexity index is 1230. The number of nitriles is 1. The average Bonchev–Trinajstić information content (AvgIpc) is 3.34. The minimum absolute atomic E-state index is 0.145. The summed E-state index contributed by atoms with van der Waals surface area (Å²) in [5, 5.41) is 8.91. The lowest BCUT2D eigenvalue weighted by molar-refractivity contribution is -0.143.